The van der Waals surface area contributed by atoms with E-state index in [-0.39, 0.29) is 0 Å². The maximum atomic E-state index is 12.5. The van der Waals surface area contributed by atoms with E-state index >= 15 is 0 Å². The van der Waals surface area contributed by atoms with Crippen molar-refractivity contribution in [3.8, 4) is 0 Å². The molecule has 0 saturated heterocycles. The lowest BCUT2D eigenvalue weighted by Gasteiger charge is -2.42. The second-order valence-corrected chi connectivity index (χ2v) is 5.11. The average molecular weight is 244 g/mol. The van der Waals surface area contributed by atoms with E-state index in [0.717, 1.165) is 12.1 Å². The second-order valence-electron chi connectivity index (χ2n) is 5.11. The third kappa shape index (κ3) is 2.80. The molecule has 0 bridgehead atoms. The van der Waals surface area contributed by atoms with Crippen molar-refractivity contribution in [2.75, 3.05) is 0 Å². The van der Waals surface area contributed by atoms with Crippen molar-refractivity contribution in [1.82, 2.24) is 0 Å². The molecule has 0 heterocycles. The number of benzene rings is 1. The molecular weight excluding hydrogens is 229 g/mol. The van der Waals surface area contributed by atoms with E-state index in [1.54, 1.807) is 6.07 Å². The number of aliphatic hydroxyl groups is 1. The SMILES string of the molecule is CC1CC(O)(Cc2cccc(C(F)(F)F)c2)C1. The maximum Gasteiger partial charge on any atom is 0.416 e. The maximum absolute atomic E-state index is 12.5. The molecule has 1 aliphatic carbocycles. The van der Waals surface area contributed by atoms with E-state index in [4.69, 9.17) is 0 Å². The van der Waals surface area contributed by atoms with Gasteiger partial charge in [-0.2, -0.15) is 13.2 Å². The Balaban J connectivity index is 2.12. The van der Waals surface area contributed by atoms with Crippen LogP contribution in [0.5, 0.6) is 0 Å². The van der Waals surface area contributed by atoms with Crippen molar-refractivity contribution >= 4 is 0 Å². The molecule has 1 aliphatic rings. The molecule has 0 aliphatic heterocycles. The van der Waals surface area contributed by atoms with Crippen LogP contribution in [0.3, 0.4) is 0 Å². The number of rotatable bonds is 2. The van der Waals surface area contributed by atoms with E-state index < -0.39 is 17.3 Å². The third-order valence-electron chi connectivity index (χ3n) is 3.24. The zero-order valence-corrected chi connectivity index (χ0v) is 9.59. The molecule has 1 aromatic carbocycles. The van der Waals surface area contributed by atoms with Gasteiger partial charge in [0.25, 0.3) is 0 Å². The largest absolute Gasteiger partial charge is 0.416 e. The first-order chi connectivity index (χ1) is 7.78. The molecule has 0 unspecified atom stereocenters. The lowest BCUT2D eigenvalue weighted by molar-refractivity contribution is -0.137. The number of halogens is 3. The molecule has 1 N–H and O–H groups in total. The van der Waals surface area contributed by atoms with Gasteiger partial charge in [-0.25, -0.2) is 0 Å². The fraction of sp³-hybridized carbons (Fsp3) is 0.538. The van der Waals surface area contributed by atoms with Crippen molar-refractivity contribution in [3.63, 3.8) is 0 Å². The van der Waals surface area contributed by atoms with Crippen LogP contribution in [0.15, 0.2) is 24.3 Å². The van der Waals surface area contributed by atoms with Gasteiger partial charge in [0.1, 0.15) is 0 Å². The smallest absolute Gasteiger partial charge is 0.390 e. The molecule has 4 heteroatoms. The number of hydrogen-bond acceptors (Lipinski definition) is 1. The standard InChI is InChI=1S/C13H15F3O/c1-9-6-12(17,7-9)8-10-3-2-4-11(5-10)13(14,15)16/h2-5,9,17H,6-8H2,1H3. The monoisotopic (exact) mass is 244 g/mol. The van der Waals surface area contributed by atoms with Gasteiger partial charge in [0, 0.05) is 6.42 Å². The summed E-state index contributed by atoms with van der Waals surface area (Å²) >= 11 is 0. The highest BCUT2D eigenvalue weighted by Crippen LogP contribution is 2.40. The third-order valence-corrected chi connectivity index (χ3v) is 3.24. The lowest BCUT2D eigenvalue weighted by Crippen LogP contribution is -2.44. The van der Waals surface area contributed by atoms with Gasteiger partial charge in [-0.1, -0.05) is 25.1 Å². The van der Waals surface area contributed by atoms with Gasteiger partial charge in [-0.3, -0.25) is 0 Å². The fourth-order valence-corrected chi connectivity index (χ4v) is 2.62. The highest BCUT2D eigenvalue weighted by molar-refractivity contribution is 5.27. The summed E-state index contributed by atoms with van der Waals surface area (Å²) < 4.78 is 37.5. The Morgan fingerprint density at radius 1 is 1.35 bits per heavy atom. The zero-order chi connectivity index (χ0) is 12.7. The highest BCUT2D eigenvalue weighted by atomic mass is 19.4. The van der Waals surface area contributed by atoms with Gasteiger partial charge in [-0.05, 0) is 30.4 Å². The number of hydrogen-bond donors (Lipinski definition) is 1. The minimum Gasteiger partial charge on any atom is -0.390 e. The predicted octanol–water partition coefficient (Wildman–Crippen LogP) is 3.41. The fourth-order valence-electron chi connectivity index (χ4n) is 2.62. The Morgan fingerprint density at radius 2 is 2.00 bits per heavy atom. The molecule has 0 spiro atoms. The quantitative estimate of drug-likeness (QED) is 0.845. The molecule has 0 amide bonds. The van der Waals surface area contributed by atoms with Crippen molar-refractivity contribution in [1.29, 1.82) is 0 Å². The number of alkyl halides is 3. The Morgan fingerprint density at radius 3 is 2.53 bits per heavy atom. The van der Waals surface area contributed by atoms with Crippen LogP contribution < -0.4 is 0 Å². The van der Waals surface area contributed by atoms with Gasteiger partial charge < -0.3 is 5.11 Å². The minimum absolute atomic E-state index is 0.307. The van der Waals surface area contributed by atoms with Crippen LogP contribution in [0.25, 0.3) is 0 Å². The molecule has 17 heavy (non-hydrogen) atoms. The Kier molecular flexibility index (Phi) is 2.94. The summed E-state index contributed by atoms with van der Waals surface area (Å²) in [5.41, 5.74) is -0.899. The Hall–Kier alpha value is -1.03. The van der Waals surface area contributed by atoms with Crippen LogP contribution in [0, 0.1) is 5.92 Å². The van der Waals surface area contributed by atoms with E-state index in [1.165, 1.54) is 6.07 Å². The molecule has 1 nitrogen and oxygen atoms in total. The minimum atomic E-state index is -4.31. The van der Waals surface area contributed by atoms with Gasteiger partial charge in [0.15, 0.2) is 0 Å². The summed E-state index contributed by atoms with van der Waals surface area (Å²) in [5.74, 6) is 0.464. The van der Waals surface area contributed by atoms with Crippen LogP contribution in [-0.4, -0.2) is 10.7 Å². The van der Waals surface area contributed by atoms with Crippen molar-refractivity contribution < 1.29 is 18.3 Å². The van der Waals surface area contributed by atoms with Crippen LogP contribution >= 0.6 is 0 Å². The van der Waals surface area contributed by atoms with Crippen LogP contribution in [0.4, 0.5) is 13.2 Å². The molecule has 2 rings (SSSR count). The van der Waals surface area contributed by atoms with E-state index in [0.29, 0.717) is 30.7 Å². The summed E-state index contributed by atoms with van der Waals surface area (Å²) in [6.07, 6.45) is -2.67. The van der Waals surface area contributed by atoms with Crippen LogP contribution in [0.2, 0.25) is 0 Å². The normalized spacial score (nSPS) is 28.9. The van der Waals surface area contributed by atoms with Crippen molar-refractivity contribution in [3.05, 3.63) is 35.4 Å². The van der Waals surface area contributed by atoms with E-state index in [9.17, 15) is 18.3 Å². The first-order valence-electron chi connectivity index (χ1n) is 5.67. The summed E-state index contributed by atoms with van der Waals surface area (Å²) in [7, 11) is 0. The van der Waals surface area contributed by atoms with Crippen LogP contribution in [0.1, 0.15) is 30.9 Å². The van der Waals surface area contributed by atoms with E-state index in [2.05, 4.69) is 0 Å². The molecular formula is C13H15F3O. The molecule has 1 aromatic rings. The van der Waals surface area contributed by atoms with Crippen molar-refractivity contribution in [2.45, 2.75) is 38.0 Å². The van der Waals surface area contributed by atoms with Gasteiger partial charge in [0.2, 0.25) is 0 Å². The summed E-state index contributed by atoms with van der Waals surface area (Å²) in [6.45, 7) is 2.03. The summed E-state index contributed by atoms with van der Waals surface area (Å²) in [6, 6.07) is 5.21. The Labute approximate surface area is 98.3 Å². The lowest BCUT2D eigenvalue weighted by atomic mass is 9.69. The van der Waals surface area contributed by atoms with Crippen LogP contribution in [-0.2, 0) is 12.6 Å². The Bertz CT molecular complexity index is 405. The van der Waals surface area contributed by atoms with Gasteiger partial charge >= 0.3 is 6.18 Å². The first-order valence-corrected chi connectivity index (χ1v) is 5.67. The molecule has 0 radical (unpaired) electrons. The predicted molar refractivity (Wildman–Crippen MR) is 58.5 cm³/mol. The van der Waals surface area contributed by atoms with E-state index in [1.807, 2.05) is 6.92 Å². The molecule has 0 atom stereocenters. The van der Waals surface area contributed by atoms with Crippen molar-refractivity contribution in [2.24, 2.45) is 5.92 Å². The van der Waals surface area contributed by atoms with Gasteiger partial charge in [-0.15, -0.1) is 0 Å². The molecule has 1 saturated carbocycles. The molecule has 1 fully saturated rings. The first kappa shape index (κ1) is 12.4. The molecule has 94 valence electrons. The summed E-state index contributed by atoms with van der Waals surface area (Å²) in [4.78, 5) is 0. The topological polar surface area (TPSA) is 20.2 Å². The zero-order valence-electron chi connectivity index (χ0n) is 9.59. The van der Waals surface area contributed by atoms with Gasteiger partial charge in [0.05, 0.1) is 11.2 Å². The average Bonchev–Trinajstić information content (AvgIpc) is 2.14. The molecule has 0 aromatic heterocycles. The summed E-state index contributed by atoms with van der Waals surface area (Å²) in [5, 5.41) is 10.0. The second kappa shape index (κ2) is 4.02. The highest BCUT2D eigenvalue weighted by Gasteiger charge is 2.40.